The fraction of sp³-hybridized carbons (Fsp3) is 0.333. The Balaban J connectivity index is 1.81. The predicted octanol–water partition coefficient (Wildman–Crippen LogP) is 5.26. The molecule has 1 saturated carbocycles. The Morgan fingerprint density at radius 3 is 2.06 bits per heavy atom. The average Bonchev–Trinajstić information content (AvgIpc) is 2.87. The van der Waals surface area contributed by atoms with Gasteiger partial charge in [-0.05, 0) is 41.4 Å². The second kappa shape index (κ2) is 4.97. The minimum absolute atomic E-state index is 0.796. The van der Waals surface area contributed by atoms with Crippen LogP contribution in [0.1, 0.15) is 37.7 Å². The average molecular weight is 236 g/mol. The maximum absolute atomic E-state index is 2.37. The molecule has 3 rings (SSSR count). The van der Waals surface area contributed by atoms with Crippen LogP contribution in [0.3, 0.4) is 0 Å². The minimum atomic E-state index is 0.796. The summed E-state index contributed by atoms with van der Waals surface area (Å²) in [6.07, 6.45) is 4.13. The van der Waals surface area contributed by atoms with Gasteiger partial charge in [-0.2, -0.15) is 0 Å². The highest BCUT2D eigenvalue weighted by atomic mass is 14.3. The highest BCUT2D eigenvalue weighted by molar-refractivity contribution is 5.63. The first kappa shape index (κ1) is 11.5. The van der Waals surface area contributed by atoms with Crippen molar-refractivity contribution in [3.8, 4) is 11.1 Å². The van der Waals surface area contributed by atoms with E-state index in [2.05, 4.69) is 61.5 Å². The molecule has 2 aromatic carbocycles. The maximum Gasteiger partial charge on any atom is -0.0159 e. The summed E-state index contributed by atoms with van der Waals surface area (Å²) < 4.78 is 0. The summed E-state index contributed by atoms with van der Waals surface area (Å²) in [5.41, 5.74) is 4.16. The Labute approximate surface area is 110 Å². The standard InChI is InChI=1S/C18H20/c1-14-7-8-18(13-14)17-11-9-16(10-12-17)15-5-3-2-4-6-15/h2-6,9-12,14,18H,7-8,13H2,1H3. The van der Waals surface area contributed by atoms with Gasteiger partial charge < -0.3 is 0 Å². The minimum Gasteiger partial charge on any atom is -0.0625 e. The van der Waals surface area contributed by atoms with Crippen LogP contribution in [0.4, 0.5) is 0 Å². The van der Waals surface area contributed by atoms with Gasteiger partial charge in [-0.3, -0.25) is 0 Å². The predicted molar refractivity (Wildman–Crippen MR) is 77.6 cm³/mol. The van der Waals surface area contributed by atoms with Crippen LogP contribution in [0.15, 0.2) is 54.6 Å². The van der Waals surface area contributed by atoms with E-state index in [9.17, 15) is 0 Å². The molecule has 92 valence electrons. The molecule has 0 spiro atoms. The summed E-state index contributed by atoms with van der Waals surface area (Å²) in [4.78, 5) is 0. The SMILES string of the molecule is CC1CCC(c2ccc(-c3ccccc3)cc2)C1. The van der Waals surface area contributed by atoms with E-state index in [4.69, 9.17) is 0 Å². The Bertz CT molecular complexity index is 495. The van der Waals surface area contributed by atoms with E-state index >= 15 is 0 Å². The van der Waals surface area contributed by atoms with Crippen molar-refractivity contribution in [3.05, 3.63) is 60.2 Å². The van der Waals surface area contributed by atoms with Gasteiger partial charge in [0.05, 0.1) is 0 Å². The van der Waals surface area contributed by atoms with Crippen LogP contribution in [0.2, 0.25) is 0 Å². The zero-order valence-corrected chi connectivity index (χ0v) is 11.0. The second-order valence-electron chi connectivity index (χ2n) is 5.60. The van der Waals surface area contributed by atoms with Crippen LogP contribution >= 0.6 is 0 Å². The topological polar surface area (TPSA) is 0 Å². The molecule has 2 unspecified atom stereocenters. The second-order valence-corrected chi connectivity index (χ2v) is 5.60. The van der Waals surface area contributed by atoms with Gasteiger partial charge in [0.1, 0.15) is 0 Å². The van der Waals surface area contributed by atoms with Crippen molar-refractivity contribution in [2.24, 2.45) is 5.92 Å². The quantitative estimate of drug-likeness (QED) is 0.667. The summed E-state index contributed by atoms with van der Waals surface area (Å²) in [5, 5.41) is 0. The molecular weight excluding hydrogens is 216 g/mol. The highest BCUT2D eigenvalue weighted by Crippen LogP contribution is 2.38. The van der Waals surface area contributed by atoms with Crippen LogP contribution < -0.4 is 0 Å². The Morgan fingerprint density at radius 2 is 1.44 bits per heavy atom. The molecule has 2 aromatic rings. The molecule has 0 heterocycles. The Morgan fingerprint density at radius 1 is 0.778 bits per heavy atom. The molecule has 0 bridgehead atoms. The van der Waals surface area contributed by atoms with E-state index in [0.29, 0.717) is 0 Å². The van der Waals surface area contributed by atoms with Crippen molar-refractivity contribution >= 4 is 0 Å². The van der Waals surface area contributed by atoms with E-state index in [-0.39, 0.29) is 0 Å². The zero-order valence-electron chi connectivity index (χ0n) is 11.0. The summed E-state index contributed by atoms with van der Waals surface area (Å²) in [5.74, 6) is 1.70. The molecule has 2 atom stereocenters. The lowest BCUT2D eigenvalue weighted by Gasteiger charge is -2.11. The van der Waals surface area contributed by atoms with Crippen LogP contribution in [-0.4, -0.2) is 0 Å². The lowest BCUT2D eigenvalue weighted by Crippen LogP contribution is -1.93. The molecule has 0 amide bonds. The van der Waals surface area contributed by atoms with Gasteiger partial charge in [-0.25, -0.2) is 0 Å². The van der Waals surface area contributed by atoms with Gasteiger partial charge in [0.25, 0.3) is 0 Å². The fourth-order valence-electron chi connectivity index (χ4n) is 3.09. The first-order chi connectivity index (χ1) is 8.83. The molecule has 0 heteroatoms. The molecule has 0 radical (unpaired) electrons. The van der Waals surface area contributed by atoms with Crippen molar-refractivity contribution in [1.82, 2.24) is 0 Å². The monoisotopic (exact) mass is 236 g/mol. The third-order valence-corrected chi connectivity index (χ3v) is 4.18. The number of hydrogen-bond acceptors (Lipinski definition) is 0. The van der Waals surface area contributed by atoms with E-state index in [1.165, 1.54) is 36.0 Å². The fourth-order valence-corrected chi connectivity index (χ4v) is 3.09. The number of hydrogen-bond donors (Lipinski definition) is 0. The van der Waals surface area contributed by atoms with E-state index < -0.39 is 0 Å². The molecule has 0 nitrogen and oxygen atoms in total. The molecule has 1 aliphatic carbocycles. The van der Waals surface area contributed by atoms with Gasteiger partial charge in [0.2, 0.25) is 0 Å². The van der Waals surface area contributed by atoms with E-state index in [0.717, 1.165) is 11.8 Å². The van der Waals surface area contributed by atoms with Crippen molar-refractivity contribution < 1.29 is 0 Å². The summed E-state index contributed by atoms with van der Waals surface area (Å²) >= 11 is 0. The van der Waals surface area contributed by atoms with E-state index in [1.54, 1.807) is 0 Å². The first-order valence-electron chi connectivity index (χ1n) is 6.98. The number of rotatable bonds is 2. The third-order valence-electron chi connectivity index (χ3n) is 4.18. The molecule has 0 N–H and O–H groups in total. The Kier molecular flexibility index (Phi) is 3.19. The van der Waals surface area contributed by atoms with Crippen molar-refractivity contribution in [2.45, 2.75) is 32.1 Å². The normalized spacial score (nSPS) is 23.2. The van der Waals surface area contributed by atoms with Gasteiger partial charge in [-0.1, -0.05) is 67.9 Å². The van der Waals surface area contributed by atoms with Crippen LogP contribution in [0, 0.1) is 5.92 Å². The summed E-state index contributed by atoms with van der Waals surface area (Å²) in [6.45, 7) is 2.37. The molecular formula is C18H20. The summed E-state index contributed by atoms with van der Waals surface area (Å²) in [6, 6.07) is 19.8. The van der Waals surface area contributed by atoms with Crippen LogP contribution in [-0.2, 0) is 0 Å². The molecule has 18 heavy (non-hydrogen) atoms. The maximum atomic E-state index is 2.37. The molecule has 0 aliphatic heterocycles. The highest BCUT2D eigenvalue weighted by Gasteiger charge is 2.22. The van der Waals surface area contributed by atoms with Crippen LogP contribution in [0.25, 0.3) is 11.1 Å². The van der Waals surface area contributed by atoms with Crippen molar-refractivity contribution in [2.75, 3.05) is 0 Å². The van der Waals surface area contributed by atoms with Crippen LogP contribution in [0.5, 0.6) is 0 Å². The smallest absolute Gasteiger partial charge is 0.0159 e. The zero-order chi connectivity index (χ0) is 12.4. The molecule has 1 aliphatic rings. The lowest BCUT2D eigenvalue weighted by molar-refractivity contribution is 0.596. The van der Waals surface area contributed by atoms with Crippen molar-refractivity contribution in [1.29, 1.82) is 0 Å². The third kappa shape index (κ3) is 2.33. The molecule has 1 fully saturated rings. The van der Waals surface area contributed by atoms with Gasteiger partial charge in [0.15, 0.2) is 0 Å². The van der Waals surface area contributed by atoms with E-state index in [1.807, 2.05) is 0 Å². The molecule has 0 aromatic heterocycles. The Hall–Kier alpha value is -1.56. The molecule has 0 saturated heterocycles. The number of benzene rings is 2. The lowest BCUT2D eigenvalue weighted by atomic mass is 9.94. The summed E-state index contributed by atoms with van der Waals surface area (Å²) in [7, 11) is 0. The van der Waals surface area contributed by atoms with Gasteiger partial charge >= 0.3 is 0 Å². The largest absolute Gasteiger partial charge is 0.0625 e. The van der Waals surface area contributed by atoms with Gasteiger partial charge in [0, 0.05) is 0 Å². The first-order valence-corrected chi connectivity index (χ1v) is 6.98. The van der Waals surface area contributed by atoms with Gasteiger partial charge in [-0.15, -0.1) is 0 Å². The van der Waals surface area contributed by atoms with Crippen molar-refractivity contribution in [3.63, 3.8) is 0 Å².